The topological polar surface area (TPSA) is 32.3 Å². The van der Waals surface area contributed by atoms with Gasteiger partial charge in [0.05, 0.1) is 13.1 Å². The first-order chi connectivity index (χ1) is 6.18. The van der Waals surface area contributed by atoms with Crippen molar-refractivity contribution >= 4 is 17.2 Å². The van der Waals surface area contributed by atoms with Crippen LogP contribution in [0.2, 0.25) is 0 Å². The molecule has 1 heterocycles. The van der Waals surface area contributed by atoms with Crippen LogP contribution in [0, 0.1) is 0 Å². The van der Waals surface area contributed by atoms with Crippen molar-refractivity contribution in [3.8, 4) is 0 Å². The number of likely N-dealkylation sites (N-methyl/N-ethyl adjacent to an activating group) is 1. The molecule has 3 nitrogen and oxygen atoms in total. The predicted molar refractivity (Wildman–Crippen MR) is 54.7 cm³/mol. The highest BCUT2D eigenvalue weighted by Gasteiger charge is 2.02. The summed E-state index contributed by atoms with van der Waals surface area (Å²) >= 11 is 1.66. The molecule has 1 N–H and O–H groups in total. The van der Waals surface area contributed by atoms with Gasteiger partial charge in [-0.2, -0.15) is 0 Å². The Balaban J connectivity index is 2.23. The van der Waals surface area contributed by atoms with E-state index in [1.54, 1.807) is 11.3 Å². The first-order valence-corrected chi connectivity index (χ1v) is 5.00. The van der Waals surface area contributed by atoms with Crippen LogP contribution in [0.25, 0.3) is 0 Å². The van der Waals surface area contributed by atoms with Crippen LogP contribution < -0.4 is 5.32 Å². The first kappa shape index (κ1) is 10.2. The van der Waals surface area contributed by atoms with Crippen molar-refractivity contribution in [3.63, 3.8) is 0 Å². The monoisotopic (exact) mass is 198 g/mol. The van der Waals surface area contributed by atoms with Gasteiger partial charge in [-0.1, -0.05) is 6.07 Å². The third-order valence-electron chi connectivity index (χ3n) is 1.50. The van der Waals surface area contributed by atoms with Gasteiger partial charge in [-0.3, -0.25) is 4.79 Å². The fourth-order valence-corrected chi connectivity index (χ4v) is 1.59. The second-order valence-corrected chi connectivity index (χ2v) is 4.13. The molecule has 4 heteroatoms. The van der Waals surface area contributed by atoms with Crippen LogP contribution in [0.15, 0.2) is 17.5 Å². The van der Waals surface area contributed by atoms with Gasteiger partial charge in [0.2, 0.25) is 5.91 Å². The van der Waals surface area contributed by atoms with Crippen molar-refractivity contribution in [2.45, 2.75) is 6.54 Å². The van der Waals surface area contributed by atoms with E-state index in [9.17, 15) is 4.79 Å². The number of rotatable bonds is 4. The Hall–Kier alpha value is -0.870. The lowest BCUT2D eigenvalue weighted by Gasteiger charge is -2.08. The lowest BCUT2D eigenvalue weighted by Crippen LogP contribution is -2.32. The minimum atomic E-state index is 0.0680. The summed E-state index contributed by atoms with van der Waals surface area (Å²) in [6.45, 7) is 1.09. The molecule has 0 atom stereocenters. The van der Waals surface area contributed by atoms with E-state index < -0.39 is 0 Å². The molecule has 13 heavy (non-hydrogen) atoms. The van der Waals surface area contributed by atoms with Gasteiger partial charge < -0.3 is 10.2 Å². The van der Waals surface area contributed by atoms with Crippen LogP contribution in [0.3, 0.4) is 0 Å². The summed E-state index contributed by atoms with van der Waals surface area (Å²) in [5.41, 5.74) is 0. The summed E-state index contributed by atoms with van der Waals surface area (Å²) in [5, 5.41) is 4.85. The summed E-state index contributed by atoms with van der Waals surface area (Å²) in [4.78, 5) is 14.2. The molecule has 0 bridgehead atoms. The number of nitrogens with one attached hydrogen (secondary N) is 1. The van der Waals surface area contributed by atoms with E-state index in [4.69, 9.17) is 0 Å². The maximum absolute atomic E-state index is 11.2. The molecule has 0 spiro atoms. The van der Waals surface area contributed by atoms with E-state index in [1.165, 1.54) is 4.88 Å². The molecule has 0 saturated carbocycles. The highest BCUT2D eigenvalue weighted by Crippen LogP contribution is 2.06. The molecule has 0 aliphatic heterocycles. The van der Waals surface area contributed by atoms with Gasteiger partial charge in [0.25, 0.3) is 0 Å². The van der Waals surface area contributed by atoms with Crippen molar-refractivity contribution in [3.05, 3.63) is 22.4 Å². The quantitative estimate of drug-likeness (QED) is 0.780. The maximum Gasteiger partial charge on any atom is 0.234 e. The molecule has 0 fully saturated rings. The molecule has 0 aromatic carbocycles. The van der Waals surface area contributed by atoms with Crippen molar-refractivity contribution in [1.82, 2.24) is 10.2 Å². The molecule has 1 rings (SSSR count). The average molecular weight is 198 g/mol. The minimum absolute atomic E-state index is 0.0680. The minimum Gasteiger partial charge on any atom is -0.350 e. The second kappa shape index (κ2) is 4.99. The number of amides is 1. The lowest BCUT2D eigenvalue weighted by molar-refractivity contribution is -0.121. The van der Waals surface area contributed by atoms with Crippen LogP contribution in [-0.4, -0.2) is 31.4 Å². The maximum atomic E-state index is 11.2. The Morgan fingerprint density at radius 3 is 2.92 bits per heavy atom. The first-order valence-electron chi connectivity index (χ1n) is 4.12. The summed E-state index contributed by atoms with van der Waals surface area (Å²) < 4.78 is 0. The molecule has 1 aromatic heterocycles. The molecule has 0 aliphatic carbocycles. The Labute approximate surface area is 82.4 Å². The fraction of sp³-hybridized carbons (Fsp3) is 0.444. The molecule has 0 saturated heterocycles. The van der Waals surface area contributed by atoms with Crippen molar-refractivity contribution in [2.24, 2.45) is 0 Å². The van der Waals surface area contributed by atoms with E-state index in [-0.39, 0.29) is 5.91 Å². The number of hydrogen-bond donors (Lipinski definition) is 1. The van der Waals surface area contributed by atoms with E-state index in [0.717, 1.165) is 0 Å². The van der Waals surface area contributed by atoms with Gasteiger partial charge in [-0.05, 0) is 25.5 Å². The van der Waals surface area contributed by atoms with Gasteiger partial charge in [-0.15, -0.1) is 11.3 Å². The summed E-state index contributed by atoms with van der Waals surface area (Å²) in [7, 11) is 3.76. The molecule has 1 aromatic rings. The van der Waals surface area contributed by atoms with Gasteiger partial charge >= 0.3 is 0 Å². The van der Waals surface area contributed by atoms with E-state index in [0.29, 0.717) is 13.1 Å². The standard InChI is InChI=1S/C9H14N2OS/c1-11(2)7-9(12)10-6-8-4-3-5-13-8/h3-5H,6-7H2,1-2H3,(H,10,12). The highest BCUT2D eigenvalue weighted by atomic mass is 32.1. The van der Waals surface area contributed by atoms with Crippen LogP contribution in [0.4, 0.5) is 0 Å². The van der Waals surface area contributed by atoms with Crippen LogP contribution in [0.5, 0.6) is 0 Å². The van der Waals surface area contributed by atoms with Crippen LogP contribution in [0.1, 0.15) is 4.88 Å². The summed E-state index contributed by atoms with van der Waals surface area (Å²) in [5.74, 6) is 0.0680. The summed E-state index contributed by atoms with van der Waals surface area (Å²) in [6, 6.07) is 4.00. The Morgan fingerprint density at radius 2 is 2.38 bits per heavy atom. The van der Waals surface area contributed by atoms with Gasteiger partial charge in [0.1, 0.15) is 0 Å². The fourth-order valence-electron chi connectivity index (χ4n) is 0.942. The molecular weight excluding hydrogens is 184 g/mol. The third-order valence-corrected chi connectivity index (χ3v) is 2.38. The number of nitrogens with zero attached hydrogens (tertiary/aromatic N) is 1. The van der Waals surface area contributed by atoms with Crippen LogP contribution in [-0.2, 0) is 11.3 Å². The predicted octanol–water partition coefficient (Wildman–Crippen LogP) is 0.926. The molecular formula is C9H14N2OS. The second-order valence-electron chi connectivity index (χ2n) is 3.09. The van der Waals surface area contributed by atoms with Gasteiger partial charge in [0.15, 0.2) is 0 Å². The zero-order valence-corrected chi connectivity index (χ0v) is 8.73. The lowest BCUT2D eigenvalue weighted by atomic mass is 10.4. The third kappa shape index (κ3) is 4.05. The smallest absolute Gasteiger partial charge is 0.234 e. The van der Waals surface area contributed by atoms with E-state index >= 15 is 0 Å². The van der Waals surface area contributed by atoms with Crippen molar-refractivity contribution in [1.29, 1.82) is 0 Å². The Bertz CT molecular complexity index is 257. The van der Waals surface area contributed by atoms with E-state index in [2.05, 4.69) is 5.32 Å². The van der Waals surface area contributed by atoms with Crippen molar-refractivity contribution < 1.29 is 4.79 Å². The number of carbonyl (C=O) groups is 1. The number of carbonyl (C=O) groups excluding carboxylic acids is 1. The van der Waals surface area contributed by atoms with Crippen molar-refractivity contribution in [2.75, 3.05) is 20.6 Å². The van der Waals surface area contributed by atoms with E-state index in [1.807, 2.05) is 36.5 Å². The zero-order chi connectivity index (χ0) is 9.68. The SMILES string of the molecule is CN(C)CC(=O)NCc1cccs1. The largest absolute Gasteiger partial charge is 0.350 e. The van der Waals surface area contributed by atoms with Gasteiger partial charge in [-0.25, -0.2) is 0 Å². The summed E-state index contributed by atoms with van der Waals surface area (Å²) in [6.07, 6.45) is 0. The molecule has 72 valence electrons. The molecule has 0 unspecified atom stereocenters. The zero-order valence-electron chi connectivity index (χ0n) is 7.91. The van der Waals surface area contributed by atoms with Gasteiger partial charge in [0, 0.05) is 4.88 Å². The number of hydrogen-bond acceptors (Lipinski definition) is 3. The highest BCUT2D eigenvalue weighted by molar-refractivity contribution is 7.09. The molecule has 0 radical (unpaired) electrons. The van der Waals surface area contributed by atoms with Crippen LogP contribution >= 0.6 is 11.3 Å². The molecule has 1 amide bonds. The number of thiophene rings is 1. The Kier molecular flexibility index (Phi) is 3.92. The Morgan fingerprint density at radius 1 is 1.62 bits per heavy atom. The molecule has 0 aliphatic rings. The normalized spacial score (nSPS) is 10.4. The average Bonchev–Trinajstić information content (AvgIpc) is 2.51.